The molecule has 0 amide bonds. The Balaban J connectivity index is 2.33. The van der Waals surface area contributed by atoms with Gasteiger partial charge in [-0.05, 0) is 40.4 Å². The smallest absolute Gasteiger partial charge is 0.137 e. The lowest BCUT2D eigenvalue weighted by molar-refractivity contribution is 0.288. The van der Waals surface area contributed by atoms with Crippen LogP contribution in [0.2, 0.25) is 0 Å². The van der Waals surface area contributed by atoms with Gasteiger partial charge in [-0.25, -0.2) is 4.98 Å². The van der Waals surface area contributed by atoms with Crippen molar-refractivity contribution in [1.82, 2.24) is 4.98 Å². The molecule has 0 saturated heterocycles. The number of pyridine rings is 1. The van der Waals surface area contributed by atoms with Crippen LogP contribution in [0.1, 0.15) is 20.3 Å². The zero-order valence-corrected chi connectivity index (χ0v) is 9.54. The summed E-state index contributed by atoms with van der Waals surface area (Å²) in [5.41, 5.74) is 0. The van der Waals surface area contributed by atoms with Gasteiger partial charge in [-0.3, -0.25) is 0 Å². The summed E-state index contributed by atoms with van der Waals surface area (Å²) < 4.78 is 6.33. The predicted octanol–water partition coefficient (Wildman–Crippen LogP) is 3.27. The van der Waals surface area contributed by atoms with E-state index >= 15 is 0 Å². The number of hydrogen-bond acceptors (Lipinski definition) is 2. The van der Waals surface area contributed by atoms with E-state index in [1.54, 1.807) is 6.20 Å². The van der Waals surface area contributed by atoms with Crippen LogP contribution < -0.4 is 4.74 Å². The molecule has 72 valence electrons. The zero-order valence-electron chi connectivity index (χ0n) is 7.96. The highest BCUT2D eigenvalue weighted by Crippen LogP contribution is 2.13. The van der Waals surface area contributed by atoms with E-state index in [1.807, 2.05) is 12.1 Å². The lowest BCUT2D eigenvalue weighted by Gasteiger charge is -2.07. The molecule has 1 aromatic heterocycles. The molecule has 0 bridgehead atoms. The number of ether oxygens (including phenoxy) is 1. The second-order valence-corrected chi connectivity index (χ2v) is 4.16. The fourth-order valence-corrected chi connectivity index (χ4v) is 1.09. The minimum atomic E-state index is 0.684. The van der Waals surface area contributed by atoms with Crippen LogP contribution in [0.15, 0.2) is 22.9 Å². The third kappa shape index (κ3) is 4.27. The summed E-state index contributed by atoms with van der Waals surface area (Å²) in [6.07, 6.45) is 2.81. The van der Waals surface area contributed by atoms with Gasteiger partial charge >= 0.3 is 0 Å². The molecule has 0 unspecified atom stereocenters. The molecule has 0 aliphatic heterocycles. The molecule has 0 spiro atoms. The summed E-state index contributed by atoms with van der Waals surface area (Å²) in [6, 6.07) is 3.79. The van der Waals surface area contributed by atoms with E-state index < -0.39 is 0 Å². The number of hydrogen-bond donors (Lipinski definition) is 0. The summed E-state index contributed by atoms with van der Waals surface area (Å²) in [5.74, 6) is 1.52. The Labute approximate surface area is 87.5 Å². The molecule has 1 rings (SSSR count). The first kappa shape index (κ1) is 10.5. The maximum atomic E-state index is 5.49. The first-order valence-electron chi connectivity index (χ1n) is 4.43. The molecule has 2 nitrogen and oxygen atoms in total. The van der Waals surface area contributed by atoms with Crippen LogP contribution in [0.25, 0.3) is 0 Å². The van der Waals surface area contributed by atoms with Gasteiger partial charge < -0.3 is 4.74 Å². The Kier molecular flexibility index (Phi) is 4.22. The van der Waals surface area contributed by atoms with Gasteiger partial charge in [0.15, 0.2) is 0 Å². The van der Waals surface area contributed by atoms with Crippen LogP contribution in [0.4, 0.5) is 0 Å². The molecule has 0 aliphatic rings. The van der Waals surface area contributed by atoms with E-state index in [-0.39, 0.29) is 0 Å². The fraction of sp³-hybridized carbons (Fsp3) is 0.500. The van der Waals surface area contributed by atoms with Crippen molar-refractivity contribution in [3.05, 3.63) is 22.9 Å². The molecule has 3 heteroatoms. The first-order valence-corrected chi connectivity index (χ1v) is 5.22. The SMILES string of the molecule is CC(C)CCOc1ccc(Br)nc1. The van der Waals surface area contributed by atoms with Gasteiger partial charge in [0, 0.05) is 0 Å². The van der Waals surface area contributed by atoms with Crippen molar-refractivity contribution in [3.63, 3.8) is 0 Å². The lowest BCUT2D eigenvalue weighted by atomic mass is 10.1. The van der Waals surface area contributed by atoms with Gasteiger partial charge in [-0.15, -0.1) is 0 Å². The van der Waals surface area contributed by atoms with Crippen molar-refractivity contribution in [2.45, 2.75) is 20.3 Å². The molecule has 0 aromatic carbocycles. The number of nitrogens with zero attached hydrogens (tertiary/aromatic N) is 1. The predicted molar refractivity (Wildman–Crippen MR) is 56.9 cm³/mol. The second kappa shape index (κ2) is 5.22. The third-order valence-electron chi connectivity index (χ3n) is 1.66. The highest BCUT2D eigenvalue weighted by Gasteiger charge is 1.96. The van der Waals surface area contributed by atoms with E-state index in [0.717, 1.165) is 23.4 Å². The molecule has 0 aliphatic carbocycles. The molecule has 0 fully saturated rings. The Morgan fingerprint density at radius 3 is 2.77 bits per heavy atom. The highest BCUT2D eigenvalue weighted by atomic mass is 79.9. The molecule has 0 saturated carbocycles. The van der Waals surface area contributed by atoms with Crippen LogP contribution in [-0.2, 0) is 0 Å². The van der Waals surface area contributed by atoms with E-state index in [0.29, 0.717) is 5.92 Å². The van der Waals surface area contributed by atoms with E-state index in [2.05, 4.69) is 34.8 Å². The largest absolute Gasteiger partial charge is 0.492 e. The van der Waals surface area contributed by atoms with Crippen LogP contribution in [0, 0.1) is 5.92 Å². The van der Waals surface area contributed by atoms with Gasteiger partial charge in [0.2, 0.25) is 0 Å². The topological polar surface area (TPSA) is 22.1 Å². The van der Waals surface area contributed by atoms with Crippen molar-refractivity contribution in [1.29, 1.82) is 0 Å². The van der Waals surface area contributed by atoms with Crippen LogP contribution in [0.5, 0.6) is 5.75 Å². The van der Waals surface area contributed by atoms with Crippen LogP contribution >= 0.6 is 15.9 Å². The summed E-state index contributed by atoms with van der Waals surface area (Å²) in [7, 11) is 0. The number of aromatic nitrogens is 1. The lowest BCUT2D eigenvalue weighted by Crippen LogP contribution is -2.01. The monoisotopic (exact) mass is 243 g/mol. The summed E-state index contributed by atoms with van der Waals surface area (Å²) in [4.78, 5) is 4.07. The Bertz CT molecular complexity index is 246. The van der Waals surface area contributed by atoms with Crippen molar-refractivity contribution >= 4 is 15.9 Å². The number of halogens is 1. The first-order chi connectivity index (χ1) is 6.18. The summed E-state index contributed by atoms with van der Waals surface area (Å²) in [5, 5.41) is 0. The molecular formula is C10H14BrNO. The zero-order chi connectivity index (χ0) is 9.68. The fourth-order valence-electron chi connectivity index (χ4n) is 0.860. The summed E-state index contributed by atoms with van der Waals surface area (Å²) >= 11 is 3.27. The molecule has 0 atom stereocenters. The van der Waals surface area contributed by atoms with E-state index in [1.165, 1.54) is 0 Å². The van der Waals surface area contributed by atoms with Gasteiger partial charge in [0.25, 0.3) is 0 Å². The minimum Gasteiger partial charge on any atom is -0.492 e. The minimum absolute atomic E-state index is 0.684. The van der Waals surface area contributed by atoms with Crippen LogP contribution in [0.3, 0.4) is 0 Å². The van der Waals surface area contributed by atoms with Crippen molar-refractivity contribution in [2.75, 3.05) is 6.61 Å². The van der Waals surface area contributed by atoms with E-state index in [4.69, 9.17) is 4.74 Å². The van der Waals surface area contributed by atoms with Gasteiger partial charge in [-0.2, -0.15) is 0 Å². The van der Waals surface area contributed by atoms with Crippen molar-refractivity contribution < 1.29 is 4.74 Å². The summed E-state index contributed by atoms with van der Waals surface area (Å²) in [6.45, 7) is 5.13. The second-order valence-electron chi connectivity index (χ2n) is 3.35. The van der Waals surface area contributed by atoms with Crippen molar-refractivity contribution in [3.8, 4) is 5.75 Å². The molecular weight excluding hydrogens is 230 g/mol. The maximum Gasteiger partial charge on any atom is 0.137 e. The average molecular weight is 244 g/mol. The average Bonchev–Trinajstić information content (AvgIpc) is 2.08. The quantitative estimate of drug-likeness (QED) is 0.758. The third-order valence-corrected chi connectivity index (χ3v) is 2.13. The van der Waals surface area contributed by atoms with Gasteiger partial charge in [0.1, 0.15) is 10.4 Å². The maximum absolute atomic E-state index is 5.49. The molecule has 1 aromatic rings. The van der Waals surface area contributed by atoms with Crippen LogP contribution in [-0.4, -0.2) is 11.6 Å². The molecule has 13 heavy (non-hydrogen) atoms. The Morgan fingerprint density at radius 2 is 2.23 bits per heavy atom. The standard InChI is InChI=1S/C10H14BrNO/c1-8(2)5-6-13-9-3-4-10(11)12-7-9/h3-4,7-8H,5-6H2,1-2H3. The van der Waals surface area contributed by atoms with Gasteiger partial charge in [0.05, 0.1) is 12.8 Å². The highest BCUT2D eigenvalue weighted by molar-refractivity contribution is 9.10. The van der Waals surface area contributed by atoms with E-state index in [9.17, 15) is 0 Å². The molecule has 1 heterocycles. The normalized spacial score (nSPS) is 10.5. The molecule has 0 radical (unpaired) electrons. The number of rotatable bonds is 4. The Hall–Kier alpha value is -0.570. The van der Waals surface area contributed by atoms with Crippen molar-refractivity contribution in [2.24, 2.45) is 5.92 Å². The Morgan fingerprint density at radius 1 is 1.46 bits per heavy atom. The molecule has 0 N–H and O–H groups in total. The van der Waals surface area contributed by atoms with Gasteiger partial charge in [-0.1, -0.05) is 13.8 Å².